The van der Waals surface area contributed by atoms with E-state index in [0.717, 1.165) is 26.6 Å². The second-order valence-electron chi connectivity index (χ2n) is 5.39. The van der Waals surface area contributed by atoms with E-state index in [0.29, 0.717) is 0 Å². The Morgan fingerprint density at radius 2 is 1.81 bits per heavy atom. The van der Waals surface area contributed by atoms with Crippen LogP contribution in [0.15, 0.2) is 53.0 Å². The van der Waals surface area contributed by atoms with E-state index in [9.17, 15) is 0 Å². The maximum atomic E-state index is 6.49. The molecule has 3 rings (SSSR count). The van der Waals surface area contributed by atoms with Crippen LogP contribution < -0.4 is 5.73 Å². The summed E-state index contributed by atoms with van der Waals surface area (Å²) >= 11 is 3.62. The summed E-state index contributed by atoms with van der Waals surface area (Å²) in [5.74, 6) is 0. The van der Waals surface area contributed by atoms with Crippen LogP contribution in [0, 0.1) is 13.8 Å². The molecular formula is C18H17BrN2. The Balaban J connectivity index is 2.14. The minimum atomic E-state index is -0.233. The van der Waals surface area contributed by atoms with Crippen molar-refractivity contribution in [2.24, 2.45) is 5.73 Å². The number of pyridine rings is 1. The zero-order valence-corrected chi connectivity index (χ0v) is 13.7. The van der Waals surface area contributed by atoms with Gasteiger partial charge in [0.1, 0.15) is 0 Å². The van der Waals surface area contributed by atoms with E-state index in [4.69, 9.17) is 10.7 Å². The Labute approximate surface area is 133 Å². The second kappa shape index (κ2) is 5.58. The summed E-state index contributed by atoms with van der Waals surface area (Å²) in [5.41, 5.74) is 11.9. The summed E-state index contributed by atoms with van der Waals surface area (Å²) in [6.07, 6.45) is 0. The van der Waals surface area contributed by atoms with Crippen LogP contribution in [0.2, 0.25) is 0 Å². The highest BCUT2D eigenvalue weighted by atomic mass is 79.9. The van der Waals surface area contributed by atoms with Gasteiger partial charge in [0.15, 0.2) is 0 Å². The topological polar surface area (TPSA) is 38.9 Å². The summed E-state index contributed by atoms with van der Waals surface area (Å²) in [5, 5.41) is 1.11. The molecular weight excluding hydrogens is 324 g/mol. The first-order valence-corrected chi connectivity index (χ1v) is 7.73. The molecule has 0 radical (unpaired) electrons. The normalized spacial score (nSPS) is 12.6. The highest BCUT2D eigenvalue weighted by Gasteiger charge is 2.17. The van der Waals surface area contributed by atoms with E-state index in [1.807, 2.05) is 18.2 Å². The van der Waals surface area contributed by atoms with Gasteiger partial charge in [-0.05, 0) is 53.0 Å². The monoisotopic (exact) mass is 340 g/mol. The predicted octanol–water partition coefficient (Wildman–Crippen LogP) is 4.66. The second-order valence-corrected chi connectivity index (χ2v) is 6.24. The van der Waals surface area contributed by atoms with Gasteiger partial charge in [-0.15, -0.1) is 0 Å². The molecule has 0 aliphatic carbocycles. The lowest BCUT2D eigenvalue weighted by atomic mass is 9.97. The molecule has 21 heavy (non-hydrogen) atoms. The Bertz CT molecular complexity index is 811. The summed E-state index contributed by atoms with van der Waals surface area (Å²) in [6, 6.07) is 16.3. The Kier molecular flexibility index (Phi) is 3.79. The average molecular weight is 341 g/mol. The SMILES string of the molecule is Cc1ccc(C)c(C(N)c2nc3ccccc3cc2Br)c1. The van der Waals surface area contributed by atoms with Gasteiger partial charge in [0.05, 0.1) is 17.3 Å². The van der Waals surface area contributed by atoms with Gasteiger partial charge in [-0.1, -0.05) is 42.0 Å². The number of halogens is 1. The Morgan fingerprint density at radius 3 is 2.62 bits per heavy atom. The van der Waals surface area contributed by atoms with Gasteiger partial charge in [-0.25, -0.2) is 4.98 Å². The van der Waals surface area contributed by atoms with Crippen LogP contribution in [-0.4, -0.2) is 4.98 Å². The van der Waals surface area contributed by atoms with Crippen molar-refractivity contribution in [3.8, 4) is 0 Å². The molecule has 0 saturated carbocycles. The smallest absolute Gasteiger partial charge is 0.0765 e. The van der Waals surface area contributed by atoms with Crippen LogP contribution in [0.3, 0.4) is 0 Å². The third-order valence-electron chi connectivity index (χ3n) is 3.77. The molecule has 0 aliphatic heterocycles. The minimum absolute atomic E-state index is 0.233. The van der Waals surface area contributed by atoms with E-state index < -0.39 is 0 Å². The number of nitrogens with two attached hydrogens (primary N) is 1. The number of aromatic nitrogens is 1. The molecule has 0 bridgehead atoms. The zero-order chi connectivity index (χ0) is 15.0. The molecule has 0 fully saturated rings. The number of benzene rings is 2. The van der Waals surface area contributed by atoms with E-state index in [1.165, 1.54) is 11.1 Å². The quantitative estimate of drug-likeness (QED) is 0.736. The summed E-state index contributed by atoms with van der Waals surface area (Å²) < 4.78 is 0.953. The molecule has 0 amide bonds. The van der Waals surface area contributed by atoms with E-state index in [-0.39, 0.29) is 6.04 Å². The first kappa shape index (κ1) is 14.2. The highest BCUT2D eigenvalue weighted by Crippen LogP contribution is 2.30. The number of fused-ring (bicyclic) bond motifs is 1. The predicted molar refractivity (Wildman–Crippen MR) is 91.4 cm³/mol. The molecule has 0 aliphatic rings. The van der Waals surface area contributed by atoms with Crippen molar-refractivity contribution in [2.45, 2.75) is 19.9 Å². The largest absolute Gasteiger partial charge is 0.319 e. The van der Waals surface area contributed by atoms with E-state index in [2.05, 4.69) is 60.1 Å². The number of aryl methyl sites for hydroxylation is 2. The molecule has 2 N–H and O–H groups in total. The number of nitrogens with zero attached hydrogens (tertiary/aromatic N) is 1. The molecule has 2 nitrogen and oxygen atoms in total. The van der Waals surface area contributed by atoms with Gasteiger partial charge in [-0.2, -0.15) is 0 Å². The lowest BCUT2D eigenvalue weighted by Crippen LogP contribution is -2.16. The third-order valence-corrected chi connectivity index (χ3v) is 4.40. The molecule has 3 heteroatoms. The number of para-hydroxylation sites is 1. The maximum absolute atomic E-state index is 6.49. The van der Waals surface area contributed by atoms with Crippen molar-refractivity contribution < 1.29 is 0 Å². The standard InChI is InChI=1S/C18H17BrN2/c1-11-7-8-12(2)14(9-11)17(20)18-15(19)10-13-5-3-4-6-16(13)21-18/h3-10,17H,20H2,1-2H3. The molecule has 1 atom stereocenters. The molecule has 0 spiro atoms. The van der Waals surface area contributed by atoms with Crippen molar-refractivity contribution in [3.63, 3.8) is 0 Å². The first-order chi connectivity index (χ1) is 10.1. The summed E-state index contributed by atoms with van der Waals surface area (Å²) in [7, 11) is 0. The third kappa shape index (κ3) is 2.71. The maximum Gasteiger partial charge on any atom is 0.0765 e. The lowest BCUT2D eigenvalue weighted by molar-refractivity contribution is 0.820. The summed E-state index contributed by atoms with van der Waals surface area (Å²) in [6.45, 7) is 4.17. The van der Waals surface area contributed by atoms with Crippen LogP contribution in [0.1, 0.15) is 28.4 Å². The van der Waals surface area contributed by atoms with Crippen molar-refractivity contribution in [1.82, 2.24) is 4.98 Å². The molecule has 2 aromatic carbocycles. The van der Waals surface area contributed by atoms with Gasteiger partial charge < -0.3 is 5.73 Å². The Morgan fingerprint density at radius 1 is 1.05 bits per heavy atom. The minimum Gasteiger partial charge on any atom is -0.319 e. The van der Waals surface area contributed by atoms with Crippen LogP contribution in [0.5, 0.6) is 0 Å². The fraction of sp³-hybridized carbons (Fsp3) is 0.167. The van der Waals surface area contributed by atoms with Crippen LogP contribution in [0.25, 0.3) is 10.9 Å². The van der Waals surface area contributed by atoms with Crippen LogP contribution >= 0.6 is 15.9 Å². The number of hydrogen-bond acceptors (Lipinski definition) is 2. The van der Waals surface area contributed by atoms with Crippen molar-refractivity contribution >= 4 is 26.8 Å². The Hall–Kier alpha value is -1.71. The van der Waals surface area contributed by atoms with Gasteiger partial charge in [0, 0.05) is 9.86 Å². The molecule has 1 heterocycles. The first-order valence-electron chi connectivity index (χ1n) is 6.94. The molecule has 0 saturated heterocycles. The van der Waals surface area contributed by atoms with Crippen molar-refractivity contribution in [2.75, 3.05) is 0 Å². The number of hydrogen-bond donors (Lipinski definition) is 1. The van der Waals surface area contributed by atoms with Crippen molar-refractivity contribution in [3.05, 3.63) is 75.4 Å². The van der Waals surface area contributed by atoms with Crippen LogP contribution in [0.4, 0.5) is 0 Å². The van der Waals surface area contributed by atoms with Crippen LogP contribution in [-0.2, 0) is 0 Å². The fourth-order valence-electron chi connectivity index (χ4n) is 2.57. The summed E-state index contributed by atoms with van der Waals surface area (Å²) in [4.78, 5) is 4.75. The lowest BCUT2D eigenvalue weighted by Gasteiger charge is -2.17. The van der Waals surface area contributed by atoms with Gasteiger partial charge in [0.2, 0.25) is 0 Å². The molecule has 106 valence electrons. The molecule has 1 unspecified atom stereocenters. The average Bonchev–Trinajstić information content (AvgIpc) is 2.48. The van der Waals surface area contributed by atoms with Gasteiger partial charge in [-0.3, -0.25) is 0 Å². The van der Waals surface area contributed by atoms with E-state index in [1.54, 1.807) is 0 Å². The number of rotatable bonds is 2. The highest BCUT2D eigenvalue weighted by molar-refractivity contribution is 9.10. The van der Waals surface area contributed by atoms with E-state index >= 15 is 0 Å². The molecule has 1 aromatic heterocycles. The molecule has 3 aromatic rings. The zero-order valence-electron chi connectivity index (χ0n) is 12.1. The van der Waals surface area contributed by atoms with Gasteiger partial charge in [0.25, 0.3) is 0 Å². The van der Waals surface area contributed by atoms with Crippen molar-refractivity contribution in [1.29, 1.82) is 0 Å². The van der Waals surface area contributed by atoms with Gasteiger partial charge >= 0.3 is 0 Å². The fourth-order valence-corrected chi connectivity index (χ4v) is 3.15.